The number of carbonyl (C=O) groups is 3. The first-order valence-corrected chi connectivity index (χ1v) is 10.5. The molecule has 0 aliphatic heterocycles. The van der Waals surface area contributed by atoms with Gasteiger partial charge in [0.1, 0.15) is 0 Å². The highest BCUT2D eigenvalue weighted by Crippen LogP contribution is 2.19. The summed E-state index contributed by atoms with van der Waals surface area (Å²) in [7, 11) is 0. The van der Waals surface area contributed by atoms with Crippen LogP contribution in [0.15, 0.2) is 54.7 Å². The average molecular weight is 454 g/mol. The number of nitrogens with zero attached hydrogens (tertiary/aromatic N) is 3. The molecule has 0 radical (unpaired) electrons. The summed E-state index contributed by atoms with van der Waals surface area (Å²) in [5, 5.41) is 7.66. The summed E-state index contributed by atoms with van der Waals surface area (Å²) in [4.78, 5) is 38.1. The third-order valence-corrected chi connectivity index (χ3v) is 5.26. The molecule has 32 heavy (non-hydrogen) atoms. The lowest BCUT2D eigenvalue weighted by Gasteiger charge is -2.20. The topological polar surface area (TPSA) is 110 Å². The minimum Gasteiger partial charge on any atom is -0.366 e. The van der Waals surface area contributed by atoms with Crippen LogP contribution >= 0.6 is 11.6 Å². The number of benzene rings is 2. The van der Waals surface area contributed by atoms with Crippen molar-refractivity contribution in [3.63, 3.8) is 0 Å². The van der Waals surface area contributed by atoms with E-state index < -0.39 is 5.91 Å². The molecule has 3 N–H and O–H groups in total. The summed E-state index contributed by atoms with van der Waals surface area (Å²) in [6, 6.07) is 13.5. The molecule has 9 heteroatoms. The lowest BCUT2D eigenvalue weighted by atomic mass is 10.2. The van der Waals surface area contributed by atoms with Gasteiger partial charge in [-0.3, -0.25) is 14.4 Å². The number of amides is 3. The van der Waals surface area contributed by atoms with Gasteiger partial charge in [0.15, 0.2) is 0 Å². The van der Waals surface area contributed by atoms with Crippen molar-refractivity contribution in [3.8, 4) is 5.69 Å². The van der Waals surface area contributed by atoms with Crippen molar-refractivity contribution in [1.82, 2.24) is 14.7 Å². The molecule has 0 aliphatic carbocycles. The number of rotatable bonds is 8. The van der Waals surface area contributed by atoms with Gasteiger partial charge in [0.2, 0.25) is 11.8 Å². The highest BCUT2D eigenvalue weighted by Gasteiger charge is 2.21. The number of carbonyl (C=O) groups excluding carboxylic acids is 3. The number of primary amides is 1. The van der Waals surface area contributed by atoms with E-state index in [1.807, 2.05) is 26.0 Å². The van der Waals surface area contributed by atoms with Crippen LogP contribution in [0.3, 0.4) is 0 Å². The third-order valence-electron chi connectivity index (χ3n) is 5.02. The summed E-state index contributed by atoms with van der Waals surface area (Å²) in [6.07, 6.45) is 1.65. The molecule has 0 fully saturated rings. The van der Waals surface area contributed by atoms with Crippen LogP contribution in [0, 0.1) is 6.92 Å². The van der Waals surface area contributed by atoms with Gasteiger partial charge in [-0.1, -0.05) is 17.7 Å². The molecule has 0 spiro atoms. The van der Waals surface area contributed by atoms with Gasteiger partial charge in [0.25, 0.3) is 5.91 Å². The van der Waals surface area contributed by atoms with Crippen LogP contribution in [-0.4, -0.2) is 45.5 Å². The molecule has 1 aromatic heterocycles. The van der Waals surface area contributed by atoms with Crippen molar-refractivity contribution in [2.75, 3.05) is 18.4 Å². The molecule has 166 valence electrons. The van der Waals surface area contributed by atoms with Gasteiger partial charge in [-0.25, -0.2) is 4.68 Å². The fraction of sp³-hybridized carbons (Fsp3) is 0.217. The Morgan fingerprint density at radius 1 is 1.16 bits per heavy atom. The molecule has 0 aliphatic rings. The fourth-order valence-electron chi connectivity index (χ4n) is 3.24. The molecule has 0 saturated heterocycles. The summed E-state index contributed by atoms with van der Waals surface area (Å²) in [6.45, 7) is 4.37. The lowest BCUT2D eigenvalue weighted by Crippen LogP contribution is -2.34. The molecular formula is C23H24ClN5O3. The van der Waals surface area contributed by atoms with E-state index in [-0.39, 0.29) is 24.8 Å². The quantitative estimate of drug-likeness (QED) is 0.544. The first-order valence-electron chi connectivity index (χ1n) is 10.1. The Balaban J connectivity index is 1.63. The second-order valence-electron chi connectivity index (χ2n) is 7.16. The molecule has 3 aromatic rings. The minimum absolute atomic E-state index is 0.124. The Bertz CT molecular complexity index is 1140. The minimum atomic E-state index is -0.533. The van der Waals surface area contributed by atoms with Crippen molar-refractivity contribution in [3.05, 3.63) is 76.6 Å². The monoisotopic (exact) mass is 453 g/mol. The number of nitrogens with two attached hydrogens (primary N) is 1. The van der Waals surface area contributed by atoms with E-state index in [9.17, 15) is 14.4 Å². The highest BCUT2D eigenvalue weighted by atomic mass is 35.5. The van der Waals surface area contributed by atoms with Gasteiger partial charge < -0.3 is 16.0 Å². The highest BCUT2D eigenvalue weighted by molar-refractivity contribution is 6.30. The molecular weight excluding hydrogens is 430 g/mol. The van der Waals surface area contributed by atoms with Crippen LogP contribution in [0.2, 0.25) is 5.02 Å². The predicted octanol–water partition coefficient (Wildman–Crippen LogP) is 3.42. The molecule has 0 saturated carbocycles. The normalized spacial score (nSPS) is 10.6. The van der Waals surface area contributed by atoms with E-state index in [1.165, 1.54) is 6.20 Å². The van der Waals surface area contributed by atoms with Crippen molar-refractivity contribution < 1.29 is 14.4 Å². The smallest absolute Gasteiger partial charge is 0.257 e. The van der Waals surface area contributed by atoms with E-state index >= 15 is 0 Å². The second kappa shape index (κ2) is 10.1. The zero-order chi connectivity index (χ0) is 23.3. The standard InChI is InChI=1S/C23H24ClN5O3/c1-3-28(12-11-21(30)27-18-9-7-16(8-10-18)22(25)31)23(32)20-14-26-29(15(20)2)19-6-4-5-17(24)13-19/h4-10,13-14H,3,11-12H2,1-2H3,(H2,25,31)(H,27,30). The number of halogens is 1. The number of hydrogen-bond acceptors (Lipinski definition) is 4. The van der Waals surface area contributed by atoms with Crippen LogP contribution in [0.25, 0.3) is 5.69 Å². The number of nitrogens with one attached hydrogen (secondary N) is 1. The van der Waals surface area contributed by atoms with Gasteiger partial charge in [-0.15, -0.1) is 0 Å². The van der Waals surface area contributed by atoms with Crippen LogP contribution in [0.1, 0.15) is 39.8 Å². The SMILES string of the molecule is CCN(CCC(=O)Nc1ccc(C(N)=O)cc1)C(=O)c1cnn(-c2cccc(Cl)c2)c1C. The molecule has 2 aromatic carbocycles. The maximum absolute atomic E-state index is 13.1. The number of hydrogen-bond donors (Lipinski definition) is 2. The second-order valence-corrected chi connectivity index (χ2v) is 7.60. The van der Waals surface area contributed by atoms with E-state index in [0.29, 0.717) is 34.1 Å². The van der Waals surface area contributed by atoms with Gasteiger partial charge in [0, 0.05) is 35.8 Å². The summed E-state index contributed by atoms with van der Waals surface area (Å²) in [5.74, 6) is -0.972. The van der Waals surface area contributed by atoms with E-state index in [4.69, 9.17) is 17.3 Å². The predicted molar refractivity (Wildman–Crippen MR) is 123 cm³/mol. The molecule has 0 atom stereocenters. The lowest BCUT2D eigenvalue weighted by molar-refractivity contribution is -0.116. The zero-order valence-electron chi connectivity index (χ0n) is 17.8. The first kappa shape index (κ1) is 23.0. The molecule has 3 amide bonds. The van der Waals surface area contributed by atoms with Gasteiger partial charge >= 0.3 is 0 Å². The average Bonchev–Trinajstić information content (AvgIpc) is 3.15. The summed E-state index contributed by atoms with van der Waals surface area (Å²) in [5.41, 5.74) is 8.04. The molecule has 1 heterocycles. The Morgan fingerprint density at radius 2 is 1.88 bits per heavy atom. The van der Waals surface area contributed by atoms with Crippen molar-refractivity contribution in [1.29, 1.82) is 0 Å². The fourth-order valence-corrected chi connectivity index (χ4v) is 3.42. The van der Waals surface area contributed by atoms with E-state index in [2.05, 4.69) is 10.4 Å². The van der Waals surface area contributed by atoms with Crippen LogP contribution in [-0.2, 0) is 4.79 Å². The third kappa shape index (κ3) is 5.33. The Kier molecular flexibility index (Phi) is 7.27. The maximum Gasteiger partial charge on any atom is 0.257 e. The van der Waals surface area contributed by atoms with Crippen molar-refractivity contribution in [2.45, 2.75) is 20.3 Å². The zero-order valence-corrected chi connectivity index (χ0v) is 18.6. The Hall–Kier alpha value is -3.65. The molecule has 0 bridgehead atoms. The van der Waals surface area contributed by atoms with E-state index in [0.717, 1.165) is 5.69 Å². The van der Waals surface area contributed by atoms with Crippen LogP contribution in [0.4, 0.5) is 5.69 Å². The van der Waals surface area contributed by atoms with Gasteiger partial charge in [-0.2, -0.15) is 5.10 Å². The molecule has 8 nitrogen and oxygen atoms in total. The Morgan fingerprint density at radius 3 is 2.50 bits per heavy atom. The molecule has 3 rings (SSSR count). The summed E-state index contributed by atoms with van der Waals surface area (Å²) >= 11 is 6.07. The molecule has 0 unspecified atom stereocenters. The number of aromatic nitrogens is 2. The first-order chi connectivity index (χ1) is 15.3. The largest absolute Gasteiger partial charge is 0.366 e. The maximum atomic E-state index is 13.1. The van der Waals surface area contributed by atoms with Crippen LogP contribution in [0.5, 0.6) is 0 Å². The summed E-state index contributed by atoms with van der Waals surface area (Å²) < 4.78 is 1.66. The number of anilines is 1. The van der Waals surface area contributed by atoms with E-state index in [1.54, 1.807) is 46.0 Å². The van der Waals surface area contributed by atoms with Crippen molar-refractivity contribution in [2.24, 2.45) is 5.73 Å². The Labute approximate surface area is 191 Å². The van der Waals surface area contributed by atoms with Crippen LogP contribution < -0.4 is 11.1 Å². The van der Waals surface area contributed by atoms with Crippen molar-refractivity contribution >= 4 is 35.0 Å². The van der Waals surface area contributed by atoms with Gasteiger partial charge in [-0.05, 0) is 56.3 Å². The van der Waals surface area contributed by atoms with Gasteiger partial charge in [0.05, 0.1) is 23.1 Å².